The van der Waals surface area contributed by atoms with Gasteiger partial charge in [-0.3, -0.25) is 14.2 Å². The van der Waals surface area contributed by atoms with Crippen molar-refractivity contribution in [3.05, 3.63) is 92.0 Å². The number of carbonyl (C=O) groups excluding carboxylic acids is 1. The average Bonchev–Trinajstić information content (AvgIpc) is 3.32. The number of nitrogens with one attached hydrogen (secondary N) is 1. The van der Waals surface area contributed by atoms with Gasteiger partial charge < -0.3 is 5.11 Å². The third-order valence-corrected chi connectivity index (χ3v) is 9.08. The zero-order valence-electron chi connectivity index (χ0n) is 20.7. The average molecular weight is 575 g/mol. The number of phenolic OH excluding ortho intramolecular Hbond substituents is 1. The predicted octanol–water partition coefficient (Wildman–Crippen LogP) is 6.08. The van der Waals surface area contributed by atoms with E-state index in [4.69, 9.17) is 16.6 Å². The highest BCUT2D eigenvalue weighted by atomic mass is 35.5. The molecule has 196 valence electrons. The van der Waals surface area contributed by atoms with E-state index in [-0.39, 0.29) is 23.0 Å². The van der Waals surface area contributed by atoms with Crippen LogP contribution in [0.25, 0.3) is 26.7 Å². The van der Waals surface area contributed by atoms with Gasteiger partial charge in [-0.2, -0.15) is 5.10 Å². The van der Waals surface area contributed by atoms with Gasteiger partial charge in [0.2, 0.25) is 0 Å². The molecular weight excluding hydrogens is 552 g/mol. The first-order chi connectivity index (χ1) is 19.0. The molecule has 0 aliphatic heterocycles. The van der Waals surface area contributed by atoms with E-state index in [1.807, 2.05) is 30.3 Å². The fourth-order valence-electron chi connectivity index (χ4n) is 4.85. The molecule has 10 heteroatoms. The Hall–Kier alpha value is -3.66. The quantitative estimate of drug-likeness (QED) is 0.111. The molecule has 2 heterocycles. The van der Waals surface area contributed by atoms with Gasteiger partial charge in [-0.1, -0.05) is 53.7 Å². The molecule has 0 bridgehead atoms. The molecule has 1 aliphatic carbocycles. The molecule has 0 unspecified atom stereocenters. The fraction of sp³-hybridized carbons (Fsp3) is 0.172. The summed E-state index contributed by atoms with van der Waals surface area (Å²) in [6.45, 7) is 0. The van der Waals surface area contributed by atoms with Crippen LogP contribution in [0.2, 0.25) is 5.02 Å². The number of fused-ring (bicyclic) bond motifs is 4. The number of hydrogen-bond acceptors (Lipinski definition) is 7. The third kappa shape index (κ3) is 5.05. The van der Waals surface area contributed by atoms with E-state index in [9.17, 15) is 14.7 Å². The number of thioether (sulfide) groups is 1. The van der Waals surface area contributed by atoms with Crippen LogP contribution in [0, 0.1) is 0 Å². The summed E-state index contributed by atoms with van der Waals surface area (Å²) in [5.41, 5.74) is 4.66. The second kappa shape index (κ2) is 10.8. The minimum absolute atomic E-state index is 0.00448. The van der Waals surface area contributed by atoms with Crippen molar-refractivity contribution < 1.29 is 9.90 Å². The second-order valence-electron chi connectivity index (χ2n) is 9.20. The van der Waals surface area contributed by atoms with Gasteiger partial charge >= 0.3 is 0 Å². The summed E-state index contributed by atoms with van der Waals surface area (Å²) in [5, 5.41) is 17.8. The smallest absolute Gasteiger partial charge is 0.267 e. The van der Waals surface area contributed by atoms with Gasteiger partial charge in [0.1, 0.15) is 10.6 Å². The summed E-state index contributed by atoms with van der Waals surface area (Å²) in [4.78, 5) is 33.3. The number of thiophene rings is 1. The fourth-order valence-corrected chi connectivity index (χ4v) is 7.09. The van der Waals surface area contributed by atoms with Crippen molar-refractivity contribution in [1.29, 1.82) is 0 Å². The Labute approximate surface area is 237 Å². The summed E-state index contributed by atoms with van der Waals surface area (Å²) in [6.07, 6.45) is 5.46. The number of hydrogen-bond donors (Lipinski definition) is 2. The molecule has 39 heavy (non-hydrogen) atoms. The van der Waals surface area contributed by atoms with Crippen LogP contribution in [0.15, 0.2) is 75.7 Å². The number of aromatic nitrogens is 2. The Morgan fingerprint density at radius 1 is 1.13 bits per heavy atom. The van der Waals surface area contributed by atoms with Gasteiger partial charge in [-0.15, -0.1) is 11.3 Å². The lowest BCUT2D eigenvalue weighted by molar-refractivity contribution is -0.118. The number of benzene rings is 3. The van der Waals surface area contributed by atoms with Gasteiger partial charge in [-0.25, -0.2) is 10.4 Å². The van der Waals surface area contributed by atoms with Crippen molar-refractivity contribution in [3.8, 4) is 11.4 Å². The molecule has 0 spiro atoms. The molecular formula is C29H23ClN4O3S2. The van der Waals surface area contributed by atoms with Crippen LogP contribution in [0.4, 0.5) is 0 Å². The summed E-state index contributed by atoms with van der Waals surface area (Å²) in [5.74, 6) is -0.294. The first-order valence-corrected chi connectivity index (χ1v) is 14.7. The minimum atomic E-state index is -0.363. The molecule has 2 aromatic heterocycles. The predicted molar refractivity (Wildman–Crippen MR) is 159 cm³/mol. The van der Waals surface area contributed by atoms with Crippen molar-refractivity contribution in [2.45, 2.75) is 30.8 Å². The Balaban J connectivity index is 1.27. The van der Waals surface area contributed by atoms with E-state index in [0.717, 1.165) is 42.0 Å². The van der Waals surface area contributed by atoms with Crippen molar-refractivity contribution in [2.75, 3.05) is 5.75 Å². The second-order valence-corrected chi connectivity index (χ2v) is 11.7. The highest BCUT2D eigenvalue weighted by Gasteiger charge is 2.23. The van der Waals surface area contributed by atoms with Crippen LogP contribution in [-0.4, -0.2) is 32.5 Å². The molecule has 0 atom stereocenters. The van der Waals surface area contributed by atoms with E-state index in [0.29, 0.717) is 31.6 Å². The molecule has 3 aromatic carbocycles. The van der Waals surface area contributed by atoms with E-state index in [1.54, 1.807) is 46.2 Å². The minimum Gasteiger partial charge on any atom is -0.507 e. The summed E-state index contributed by atoms with van der Waals surface area (Å²) >= 11 is 8.85. The van der Waals surface area contributed by atoms with Crippen molar-refractivity contribution in [2.24, 2.45) is 5.10 Å². The lowest BCUT2D eigenvalue weighted by atomic mass is 9.97. The lowest BCUT2D eigenvalue weighted by Gasteiger charge is -2.13. The molecule has 1 aliphatic rings. The van der Waals surface area contributed by atoms with E-state index < -0.39 is 0 Å². The maximum atomic E-state index is 13.8. The normalized spacial score (nSPS) is 13.3. The molecule has 0 radical (unpaired) electrons. The van der Waals surface area contributed by atoms with Gasteiger partial charge in [0.15, 0.2) is 5.16 Å². The SMILES string of the molecule is O=C(CSc1nc2sc3c(c2c(=O)n1-c1ccc(Cl)cc1)CCCC3)N/N=C/c1c(O)ccc2ccccc12. The standard InChI is InChI=1S/C29H23ClN4O3S2/c30-18-10-12-19(13-11-18)34-28(37)26-21-7-3-4-8-24(21)39-27(26)32-29(34)38-16-25(36)33-31-15-22-20-6-2-1-5-17(20)9-14-23(22)35/h1-2,5-6,9-15,35H,3-4,7-8,16H2,(H,33,36)/b31-15+. The highest BCUT2D eigenvalue weighted by Crippen LogP contribution is 2.35. The van der Waals surface area contributed by atoms with E-state index >= 15 is 0 Å². The Morgan fingerprint density at radius 3 is 2.77 bits per heavy atom. The molecule has 2 N–H and O–H groups in total. The molecule has 0 saturated heterocycles. The number of halogens is 1. The molecule has 0 saturated carbocycles. The van der Waals surface area contributed by atoms with Crippen LogP contribution in [0.1, 0.15) is 28.8 Å². The Bertz CT molecular complexity index is 1810. The number of carbonyl (C=O) groups is 1. The molecule has 0 fully saturated rings. The molecule has 7 nitrogen and oxygen atoms in total. The number of nitrogens with zero attached hydrogens (tertiary/aromatic N) is 3. The van der Waals surface area contributed by atoms with Crippen LogP contribution < -0.4 is 11.0 Å². The van der Waals surface area contributed by atoms with Crippen molar-refractivity contribution in [1.82, 2.24) is 15.0 Å². The number of amides is 1. The van der Waals surface area contributed by atoms with Gasteiger partial charge in [0.25, 0.3) is 11.5 Å². The van der Waals surface area contributed by atoms with Crippen LogP contribution in [-0.2, 0) is 17.6 Å². The van der Waals surface area contributed by atoms with Crippen molar-refractivity contribution >= 4 is 67.8 Å². The number of hydrazone groups is 1. The molecule has 1 amide bonds. The summed E-state index contributed by atoms with van der Waals surface area (Å²) < 4.78 is 1.57. The largest absolute Gasteiger partial charge is 0.507 e. The first-order valence-electron chi connectivity index (χ1n) is 12.5. The van der Waals surface area contributed by atoms with Crippen LogP contribution in [0.5, 0.6) is 5.75 Å². The summed E-state index contributed by atoms with van der Waals surface area (Å²) in [7, 11) is 0. The van der Waals surface area contributed by atoms with Gasteiger partial charge in [0, 0.05) is 15.5 Å². The molecule has 5 aromatic rings. The van der Waals surface area contributed by atoms with Crippen molar-refractivity contribution in [3.63, 3.8) is 0 Å². The summed E-state index contributed by atoms with van der Waals surface area (Å²) in [6, 6.07) is 18.1. The van der Waals surface area contributed by atoms with E-state index in [1.165, 1.54) is 22.9 Å². The number of aromatic hydroxyl groups is 1. The highest BCUT2D eigenvalue weighted by molar-refractivity contribution is 7.99. The molecule has 6 rings (SSSR count). The topological polar surface area (TPSA) is 96.6 Å². The number of aryl methyl sites for hydroxylation is 2. The zero-order chi connectivity index (χ0) is 26.9. The maximum absolute atomic E-state index is 13.8. The number of rotatable bonds is 6. The Kier molecular flexibility index (Phi) is 7.12. The zero-order valence-corrected chi connectivity index (χ0v) is 23.1. The number of phenols is 1. The first kappa shape index (κ1) is 25.6. The van der Waals surface area contributed by atoms with Crippen LogP contribution >= 0.6 is 34.7 Å². The lowest BCUT2D eigenvalue weighted by Crippen LogP contribution is -2.24. The maximum Gasteiger partial charge on any atom is 0.267 e. The Morgan fingerprint density at radius 2 is 1.92 bits per heavy atom. The van der Waals surface area contributed by atoms with Crippen LogP contribution in [0.3, 0.4) is 0 Å². The third-order valence-electron chi connectivity index (χ3n) is 6.71. The van der Waals surface area contributed by atoms with Gasteiger partial charge in [-0.05, 0) is 72.4 Å². The van der Waals surface area contributed by atoms with Gasteiger partial charge in [0.05, 0.1) is 23.0 Å². The monoisotopic (exact) mass is 574 g/mol. The van der Waals surface area contributed by atoms with E-state index in [2.05, 4.69) is 10.5 Å².